The van der Waals surface area contributed by atoms with Crippen molar-refractivity contribution in [2.24, 2.45) is 5.92 Å². The molecule has 1 amide bonds. The maximum absolute atomic E-state index is 12.2. The molecular formula is C19H28ClN5O2S. The number of rotatable bonds is 6. The zero-order valence-corrected chi connectivity index (χ0v) is 17.7. The first-order chi connectivity index (χ1) is 13.2. The zero-order chi connectivity index (χ0) is 18.6. The third-order valence-corrected chi connectivity index (χ3v) is 6.45. The molecule has 0 aliphatic carbocycles. The number of piperidine rings is 1. The standard InChI is InChI=1S/C19H27N5O2S.ClH/c1-13(19-22-17(23-26-19)16-7-4-10-27-16)24-9-3-5-14(12-24)11-21-18(25)15-6-2-8-20-15;/h4,7,10,13-15,20H,2-3,5-6,8-9,11-12H2,1H3,(H,21,25);1H. The molecule has 3 unspecified atom stereocenters. The smallest absolute Gasteiger partial charge is 0.244 e. The van der Waals surface area contributed by atoms with E-state index in [-0.39, 0.29) is 30.4 Å². The van der Waals surface area contributed by atoms with Crippen LogP contribution in [0.3, 0.4) is 0 Å². The summed E-state index contributed by atoms with van der Waals surface area (Å²) in [5.74, 6) is 1.94. The van der Waals surface area contributed by atoms with Crippen molar-refractivity contribution in [1.82, 2.24) is 25.7 Å². The summed E-state index contributed by atoms with van der Waals surface area (Å²) in [7, 11) is 0. The lowest BCUT2D eigenvalue weighted by Crippen LogP contribution is -2.45. The Morgan fingerprint density at radius 2 is 2.36 bits per heavy atom. The Hall–Kier alpha value is -1.48. The van der Waals surface area contributed by atoms with Crippen LogP contribution in [-0.2, 0) is 4.79 Å². The SMILES string of the molecule is CC(c1nc(-c2cccs2)no1)N1CCCC(CNC(=O)C2CCCN2)C1.Cl. The summed E-state index contributed by atoms with van der Waals surface area (Å²) in [6.07, 6.45) is 4.30. The van der Waals surface area contributed by atoms with E-state index in [0.717, 1.165) is 56.7 Å². The van der Waals surface area contributed by atoms with Gasteiger partial charge in [0.15, 0.2) is 0 Å². The predicted molar refractivity (Wildman–Crippen MR) is 112 cm³/mol. The summed E-state index contributed by atoms with van der Waals surface area (Å²) < 4.78 is 5.53. The van der Waals surface area contributed by atoms with Gasteiger partial charge in [-0.2, -0.15) is 4.98 Å². The van der Waals surface area contributed by atoms with Crippen molar-refractivity contribution in [2.45, 2.75) is 44.7 Å². The molecule has 2 aromatic heterocycles. The van der Waals surface area contributed by atoms with Gasteiger partial charge in [-0.25, -0.2) is 0 Å². The van der Waals surface area contributed by atoms with Gasteiger partial charge in [0.1, 0.15) is 0 Å². The molecule has 0 bridgehead atoms. The van der Waals surface area contributed by atoms with Gasteiger partial charge >= 0.3 is 0 Å². The molecule has 2 aromatic rings. The summed E-state index contributed by atoms with van der Waals surface area (Å²) in [5, 5.41) is 12.5. The lowest BCUT2D eigenvalue weighted by atomic mass is 9.96. The number of hydrogen-bond acceptors (Lipinski definition) is 7. The molecule has 3 atom stereocenters. The van der Waals surface area contributed by atoms with Crippen molar-refractivity contribution in [3.63, 3.8) is 0 Å². The third kappa shape index (κ3) is 4.92. The van der Waals surface area contributed by atoms with E-state index in [2.05, 4.69) is 32.6 Å². The molecule has 2 aliphatic rings. The monoisotopic (exact) mass is 425 g/mol. The molecule has 7 nitrogen and oxygen atoms in total. The molecule has 154 valence electrons. The van der Waals surface area contributed by atoms with Gasteiger partial charge in [-0.1, -0.05) is 11.2 Å². The highest BCUT2D eigenvalue weighted by Crippen LogP contribution is 2.28. The number of nitrogens with one attached hydrogen (secondary N) is 2. The first-order valence-electron chi connectivity index (χ1n) is 9.83. The van der Waals surface area contributed by atoms with Crippen LogP contribution in [0, 0.1) is 5.92 Å². The lowest BCUT2D eigenvalue weighted by molar-refractivity contribution is -0.123. The van der Waals surface area contributed by atoms with Crippen LogP contribution >= 0.6 is 23.7 Å². The van der Waals surface area contributed by atoms with Crippen LogP contribution in [0.5, 0.6) is 0 Å². The Morgan fingerprint density at radius 3 is 3.11 bits per heavy atom. The molecule has 4 heterocycles. The van der Waals surface area contributed by atoms with E-state index >= 15 is 0 Å². The highest BCUT2D eigenvalue weighted by atomic mass is 35.5. The van der Waals surface area contributed by atoms with E-state index in [1.165, 1.54) is 0 Å². The average Bonchev–Trinajstić information content (AvgIpc) is 3.46. The molecular weight excluding hydrogens is 398 g/mol. The normalized spacial score (nSPS) is 23.9. The highest BCUT2D eigenvalue weighted by molar-refractivity contribution is 7.13. The number of nitrogens with zero attached hydrogens (tertiary/aromatic N) is 3. The minimum Gasteiger partial charge on any atom is -0.354 e. The first-order valence-corrected chi connectivity index (χ1v) is 10.7. The molecule has 0 aromatic carbocycles. The maximum atomic E-state index is 12.2. The van der Waals surface area contributed by atoms with Crippen LogP contribution in [-0.4, -0.2) is 53.2 Å². The van der Waals surface area contributed by atoms with Crippen LogP contribution in [0.2, 0.25) is 0 Å². The third-order valence-electron chi connectivity index (χ3n) is 5.58. The Morgan fingerprint density at radius 1 is 1.46 bits per heavy atom. The summed E-state index contributed by atoms with van der Waals surface area (Å²) >= 11 is 1.61. The van der Waals surface area contributed by atoms with Crippen molar-refractivity contribution >= 4 is 29.7 Å². The highest BCUT2D eigenvalue weighted by Gasteiger charge is 2.29. The fraction of sp³-hybridized carbons (Fsp3) is 0.632. The molecule has 2 fully saturated rings. The molecule has 0 saturated carbocycles. The van der Waals surface area contributed by atoms with Crippen LogP contribution in [0.1, 0.15) is 44.5 Å². The molecule has 0 spiro atoms. The topological polar surface area (TPSA) is 83.3 Å². The Labute approximate surface area is 175 Å². The summed E-state index contributed by atoms with van der Waals surface area (Å²) in [4.78, 5) is 20.2. The van der Waals surface area contributed by atoms with Gasteiger partial charge in [0, 0.05) is 13.1 Å². The molecule has 4 rings (SSSR count). The van der Waals surface area contributed by atoms with E-state index in [1.54, 1.807) is 11.3 Å². The quantitative estimate of drug-likeness (QED) is 0.740. The maximum Gasteiger partial charge on any atom is 0.244 e. The largest absolute Gasteiger partial charge is 0.354 e. The minimum atomic E-state index is -0.00215. The molecule has 9 heteroatoms. The van der Waals surface area contributed by atoms with Gasteiger partial charge in [-0.3, -0.25) is 9.69 Å². The van der Waals surface area contributed by atoms with Crippen molar-refractivity contribution in [3.8, 4) is 10.7 Å². The predicted octanol–water partition coefficient (Wildman–Crippen LogP) is 2.86. The molecule has 28 heavy (non-hydrogen) atoms. The second-order valence-corrected chi connectivity index (χ2v) is 8.45. The van der Waals surface area contributed by atoms with Crippen molar-refractivity contribution in [2.75, 3.05) is 26.2 Å². The fourth-order valence-corrected chi connectivity index (χ4v) is 4.61. The fourth-order valence-electron chi connectivity index (χ4n) is 3.96. The van der Waals surface area contributed by atoms with Gasteiger partial charge in [-0.15, -0.1) is 23.7 Å². The molecule has 0 radical (unpaired) electrons. The number of likely N-dealkylation sites (tertiary alicyclic amines) is 1. The Balaban J connectivity index is 0.00000225. The van der Waals surface area contributed by atoms with Gasteiger partial charge in [0.25, 0.3) is 0 Å². The van der Waals surface area contributed by atoms with Crippen molar-refractivity contribution in [3.05, 3.63) is 23.4 Å². The van der Waals surface area contributed by atoms with E-state index in [9.17, 15) is 4.79 Å². The van der Waals surface area contributed by atoms with Gasteiger partial charge in [0.05, 0.1) is 17.0 Å². The molecule has 2 N–H and O–H groups in total. The number of aromatic nitrogens is 2. The zero-order valence-electron chi connectivity index (χ0n) is 16.1. The van der Waals surface area contributed by atoms with E-state index in [0.29, 0.717) is 17.6 Å². The Kier molecular flexibility index (Phi) is 7.45. The lowest BCUT2D eigenvalue weighted by Gasteiger charge is -2.35. The number of carbonyl (C=O) groups is 1. The van der Waals surface area contributed by atoms with Crippen LogP contribution in [0.15, 0.2) is 22.0 Å². The first kappa shape index (κ1) is 21.2. The summed E-state index contributed by atoms with van der Waals surface area (Å²) in [6, 6.07) is 4.08. The van der Waals surface area contributed by atoms with E-state index in [4.69, 9.17) is 4.52 Å². The molecule has 2 aliphatic heterocycles. The molecule has 2 saturated heterocycles. The average molecular weight is 426 g/mol. The van der Waals surface area contributed by atoms with Crippen LogP contribution < -0.4 is 10.6 Å². The van der Waals surface area contributed by atoms with Crippen molar-refractivity contribution < 1.29 is 9.32 Å². The number of carbonyl (C=O) groups excluding carboxylic acids is 1. The minimum absolute atomic E-state index is 0. The van der Waals surface area contributed by atoms with Gasteiger partial charge in [0.2, 0.25) is 17.6 Å². The number of halogens is 1. The second kappa shape index (κ2) is 9.82. The number of hydrogen-bond donors (Lipinski definition) is 2. The Bertz CT molecular complexity index is 747. The number of amides is 1. The van der Waals surface area contributed by atoms with Crippen molar-refractivity contribution in [1.29, 1.82) is 0 Å². The van der Waals surface area contributed by atoms with Gasteiger partial charge in [-0.05, 0) is 63.1 Å². The van der Waals surface area contributed by atoms with E-state index in [1.807, 2.05) is 17.5 Å². The van der Waals surface area contributed by atoms with Crippen LogP contribution in [0.4, 0.5) is 0 Å². The van der Waals surface area contributed by atoms with E-state index < -0.39 is 0 Å². The summed E-state index contributed by atoms with van der Waals surface area (Å²) in [6.45, 7) is 5.77. The van der Waals surface area contributed by atoms with Gasteiger partial charge < -0.3 is 15.2 Å². The second-order valence-electron chi connectivity index (χ2n) is 7.51. The van der Waals surface area contributed by atoms with Crippen LogP contribution in [0.25, 0.3) is 10.7 Å². The summed E-state index contributed by atoms with van der Waals surface area (Å²) in [5.41, 5.74) is 0. The number of thiophene rings is 1.